The standard InChI is InChI=1S/C10H9ClFNO2.CO2/c1-2-3-10(13(14)15)8-6-7(12)4-5-9(8)11;2-1-3/h3-6H,2H2,1H3;. The summed E-state index contributed by atoms with van der Waals surface area (Å²) in [6.07, 6.45) is 2.14. The van der Waals surface area contributed by atoms with E-state index in [0.29, 0.717) is 6.42 Å². The number of nitrogens with zero attached hydrogens (tertiary/aromatic N) is 1. The van der Waals surface area contributed by atoms with E-state index in [9.17, 15) is 14.5 Å². The second kappa shape index (κ2) is 8.11. The normalized spacial score (nSPS) is 10.1. The van der Waals surface area contributed by atoms with Crippen LogP contribution in [-0.2, 0) is 9.59 Å². The first-order valence-corrected chi connectivity index (χ1v) is 5.14. The fraction of sp³-hybridized carbons (Fsp3) is 0.182. The molecule has 0 saturated carbocycles. The molecule has 1 aromatic rings. The molecule has 0 unspecified atom stereocenters. The number of hydrogen-bond donors (Lipinski definition) is 0. The molecule has 5 nitrogen and oxygen atoms in total. The highest BCUT2D eigenvalue weighted by molar-refractivity contribution is 6.32. The van der Waals surface area contributed by atoms with Crippen molar-refractivity contribution in [2.45, 2.75) is 13.3 Å². The molecule has 18 heavy (non-hydrogen) atoms. The van der Waals surface area contributed by atoms with Crippen molar-refractivity contribution in [2.75, 3.05) is 0 Å². The van der Waals surface area contributed by atoms with Crippen LogP contribution in [0.2, 0.25) is 5.02 Å². The minimum Gasteiger partial charge on any atom is -0.258 e. The zero-order valence-electron chi connectivity index (χ0n) is 9.35. The summed E-state index contributed by atoms with van der Waals surface area (Å²) >= 11 is 5.76. The predicted molar refractivity (Wildman–Crippen MR) is 61.7 cm³/mol. The SMILES string of the molecule is CCC=C(c1cc(F)ccc1Cl)[N+](=O)[O-].O=C=O. The lowest BCUT2D eigenvalue weighted by Crippen LogP contribution is -1.99. The molecule has 0 atom stereocenters. The van der Waals surface area contributed by atoms with Crippen LogP contribution >= 0.6 is 11.6 Å². The molecular weight excluding hydrogens is 265 g/mol. The molecule has 0 aromatic heterocycles. The number of benzene rings is 1. The van der Waals surface area contributed by atoms with Gasteiger partial charge >= 0.3 is 6.15 Å². The van der Waals surface area contributed by atoms with Crippen molar-refractivity contribution < 1.29 is 18.9 Å². The number of halogens is 2. The third-order valence-electron chi connectivity index (χ3n) is 1.80. The van der Waals surface area contributed by atoms with E-state index in [2.05, 4.69) is 0 Å². The first-order chi connectivity index (χ1) is 8.47. The lowest BCUT2D eigenvalue weighted by molar-refractivity contribution is -0.375. The Hall–Kier alpha value is -2.04. The van der Waals surface area contributed by atoms with Crippen LogP contribution in [0.4, 0.5) is 4.39 Å². The van der Waals surface area contributed by atoms with Crippen molar-refractivity contribution in [2.24, 2.45) is 0 Å². The Balaban J connectivity index is 0.000000873. The molecule has 0 aliphatic carbocycles. The van der Waals surface area contributed by atoms with Gasteiger partial charge in [0, 0.05) is 0 Å². The third kappa shape index (κ3) is 4.86. The first-order valence-electron chi connectivity index (χ1n) is 4.77. The average molecular weight is 274 g/mol. The Labute approximate surface area is 107 Å². The Bertz CT molecular complexity index is 496. The van der Waals surface area contributed by atoms with Crippen LogP contribution in [0, 0.1) is 15.9 Å². The van der Waals surface area contributed by atoms with E-state index in [1.807, 2.05) is 0 Å². The molecule has 0 saturated heterocycles. The molecule has 0 N–H and O–H groups in total. The molecule has 0 radical (unpaired) electrons. The summed E-state index contributed by atoms with van der Waals surface area (Å²) < 4.78 is 12.9. The van der Waals surface area contributed by atoms with Gasteiger partial charge < -0.3 is 0 Å². The maximum Gasteiger partial charge on any atom is 0.373 e. The van der Waals surface area contributed by atoms with Crippen LogP contribution < -0.4 is 0 Å². The molecule has 96 valence electrons. The van der Waals surface area contributed by atoms with Crippen molar-refractivity contribution in [1.82, 2.24) is 0 Å². The van der Waals surface area contributed by atoms with Gasteiger partial charge in [0.15, 0.2) is 0 Å². The fourth-order valence-corrected chi connectivity index (χ4v) is 1.38. The quantitative estimate of drug-likeness (QED) is 0.626. The van der Waals surface area contributed by atoms with Crippen LogP contribution in [0.15, 0.2) is 24.3 Å². The summed E-state index contributed by atoms with van der Waals surface area (Å²) in [6.45, 7) is 1.76. The largest absolute Gasteiger partial charge is 0.373 e. The molecule has 0 aliphatic rings. The second-order valence-corrected chi connectivity index (χ2v) is 3.37. The molecule has 7 heteroatoms. The highest BCUT2D eigenvalue weighted by Gasteiger charge is 2.17. The van der Waals surface area contributed by atoms with Gasteiger partial charge in [0.25, 0.3) is 5.70 Å². The lowest BCUT2D eigenvalue weighted by atomic mass is 10.1. The maximum absolute atomic E-state index is 12.9. The second-order valence-electron chi connectivity index (χ2n) is 2.96. The van der Waals surface area contributed by atoms with Crippen molar-refractivity contribution in [3.05, 3.63) is 50.8 Å². The topological polar surface area (TPSA) is 77.3 Å². The van der Waals surface area contributed by atoms with Crippen LogP contribution in [0.25, 0.3) is 5.70 Å². The summed E-state index contributed by atoms with van der Waals surface area (Å²) in [6, 6.07) is 3.53. The molecule has 0 bridgehead atoms. The van der Waals surface area contributed by atoms with Crippen molar-refractivity contribution >= 4 is 23.4 Å². The fourth-order valence-electron chi connectivity index (χ4n) is 1.17. The molecular formula is C11H9ClFNO4. The maximum atomic E-state index is 12.9. The smallest absolute Gasteiger partial charge is 0.258 e. The van der Waals surface area contributed by atoms with E-state index in [4.69, 9.17) is 21.2 Å². The lowest BCUT2D eigenvalue weighted by Gasteiger charge is -2.01. The number of hydrogen-bond acceptors (Lipinski definition) is 4. The zero-order chi connectivity index (χ0) is 14.1. The predicted octanol–water partition coefficient (Wildman–Crippen LogP) is 2.92. The Kier molecular flexibility index (Phi) is 7.19. The molecule has 1 rings (SSSR count). The molecule has 0 amide bonds. The number of allylic oxidation sites excluding steroid dienone is 1. The van der Waals surface area contributed by atoms with Crippen LogP contribution in [0.5, 0.6) is 0 Å². The summed E-state index contributed by atoms with van der Waals surface area (Å²) in [5.41, 5.74) is -0.0504. The van der Waals surface area contributed by atoms with Crippen molar-refractivity contribution in [3.8, 4) is 0 Å². The summed E-state index contributed by atoms with van der Waals surface area (Å²) in [5, 5.41) is 10.9. The summed E-state index contributed by atoms with van der Waals surface area (Å²) in [7, 11) is 0. The van der Waals surface area contributed by atoms with Crippen molar-refractivity contribution in [3.63, 3.8) is 0 Å². The summed E-state index contributed by atoms with van der Waals surface area (Å²) in [5.74, 6) is -0.543. The van der Waals surface area contributed by atoms with Crippen LogP contribution in [-0.4, -0.2) is 11.1 Å². The van der Waals surface area contributed by atoms with Crippen molar-refractivity contribution in [1.29, 1.82) is 0 Å². The first kappa shape index (κ1) is 16.0. The Morgan fingerprint density at radius 1 is 1.56 bits per heavy atom. The van der Waals surface area contributed by atoms with Gasteiger partial charge in [-0.15, -0.1) is 0 Å². The van der Waals surface area contributed by atoms with E-state index in [-0.39, 0.29) is 22.4 Å². The molecule has 0 aliphatic heterocycles. The van der Waals surface area contributed by atoms with Gasteiger partial charge in [0.05, 0.1) is 15.5 Å². The van der Waals surface area contributed by atoms with Gasteiger partial charge in [-0.2, -0.15) is 9.59 Å². The van der Waals surface area contributed by atoms with E-state index in [1.54, 1.807) is 6.92 Å². The van der Waals surface area contributed by atoms with Gasteiger partial charge in [-0.1, -0.05) is 18.5 Å². The zero-order valence-corrected chi connectivity index (χ0v) is 10.1. The Morgan fingerprint density at radius 2 is 2.11 bits per heavy atom. The number of nitro groups is 1. The minimum absolute atomic E-state index is 0.114. The molecule has 1 aromatic carbocycles. The van der Waals surface area contributed by atoms with Gasteiger partial charge in [0.1, 0.15) is 5.82 Å². The molecule has 0 spiro atoms. The monoisotopic (exact) mass is 273 g/mol. The summed E-state index contributed by atoms with van der Waals surface area (Å²) in [4.78, 5) is 26.4. The van der Waals surface area contributed by atoms with E-state index < -0.39 is 10.7 Å². The average Bonchev–Trinajstić information content (AvgIpc) is 2.30. The van der Waals surface area contributed by atoms with Gasteiger partial charge in [-0.3, -0.25) is 10.1 Å². The Morgan fingerprint density at radius 3 is 2.56 bits per heavy atom. The van der Waals surface area contributed by atoms with Gasteiger partial charge in [-0.05, 0) is 30.7 Å². The minimum atomic E-state index is -0.565. The molecule has 0 heterocycles. The van der Waals surface area contributed by atoms with Gasteiger partial charge in [0.2, 0.25) is 0 Å². The highest BCUT2D eigenvalue weighted by Crippen LogP contribution is 2.25. The molecule has 0 fully saturated rings. The van der Waals surface area contributed by atoms with Crippen LogP contribution in [0.1, 0.15) is 18.9 Å². The number of rotatable bonds is 3. The third-order valence-corrected chi connectivity index (χ3v) is 2.13. The van der Waals surface area contributed by atoms with E-state index in [1.165, 1.54) is 12.1 Å². The van der Waals surface area contributed by atoms with Gasteiger partial charge in [-0.25, -0.2) is 4.39 Å². The number of carbonyl (C=O) groups excluding carboxylic acids is 2. The highest BCUT2D eigenvalue weighted by atomic mass is 35.5. The van der Waals surface area contributed by atoms with Crippen LogP contribution in [0.3, 0.4) is 0 Å². The van der Waals surface area contributed by atoms with E-state index in [0.717, 1.165) is 12.1 Å². The van der Waals surface area contributed by atoms with E-state index >= 15 is 0 Å².